The average Bonchev–Trinajstić information content (AvgIpc) is 3.23. The van der Waals surface area contributed by atoms with E-state index in [2.05, 4.69) is 20.9 Å². The molecule has 1 aliphatic heterocycles. The summed E-state index contributed by atoms with van der Waals surface area (Å²) in [6.07, 6.45) is 3.36. The van der Waals surface area contributed by atoms with Gasteiger partial charge in [0, 0.05) is 18.0 Å². The minimum absolute atomic E-state index is 0.0454. The maximum atomic E-state index is 13.1. The molecule has 2 amide bonds. The largest absolute Gasteiger partial charge is 0.343 e. The Balaban J connectivity index is 1.47. The van der Waals surface area contributed by atoms with Crippen molar-refractivity contribution in [2.75, 3.05) is 11.9 Å². The summed E-state index contributed by atoms with van der Waals surface area (Å²) in [4.78, 5) is 30.2. The summed E-state index contributed by atoms with van der Waals surface area (Å²) in [5.41, 5.74) is 8.48. The topological polar surface area (TPSA) is 109 Å². The number of carbonyl (C=O) groups excluding carboxylic acids is 2. The molecule has 0 aliphatic carbocycles. The van der Waals surface area contributed by atoms with Gasteiger partial charge in [-0.05, 0) is 37.0 Å². The van der Waals surface area contributed by atoms with E-state index in [0.29, 0.717) is 31.5 Å². The second-order valence-electron chi connectivity index (χ2n) is 7.95. The molecule has 160 valence electrons. The number of rotatable bonds is 7. The Morgan fingerprint density at radius 2 is 1.90 bits per heavy atom. The van der Waals surface area contributed by atoms with Crippen molar-refractivity contribution in [2.24, 2.45) is 5.73 Å². The summed E-state index contributed by atoms with van der Waals surface area (Å²) >= 11 is 0. The maximum absolute atomic E-state index is 13.1. The molecule has 5 N–H and O–H groups in total. The van der Waals surface area contributed by atoms with Gasteiger partial charge in [0.25, 0.3) is 0 Å². The van der Waals surface area contributed by atoms with E-state index >= 15 is 0 Å². The molecular weight excluding hydrogens is 390 g/mol. The molecule has 2 aromatic carbocycles. The summed E-state index contributed by atoms with van der Waals surface area (Å²) in [5.74, 6) is -0.457. The smallest absolute Gasteiger partial charge is 0.247 e. The summed E-state index contributed by atoms with van der Waals surface area (Å²) in [5, 5.41) is 9.89. The lowest BCUT2D eigenvalue weighted by atomic mass is 10.0. The number of nitrogens with one attached hydrogen (secondary N) is 3. The van der Waals surface area contributed by atoms with Crippen LogP contribution in [0.3, 0.4) is 0 Å². The van der Waals surface area contributed by atoms with E-state index in [1.807, 2.05) is 60.7 Å². The molecule has 0 saturated carbocycles. The van der Waals surface area contributed by atoms with Crippen LogP contribution in [0.15, 0.2) is 66.9 Å². The predicted molar refractivity (Wildman–Crippen MR) is 121 cm³/mol. The van der Waals surface area contributed by atoms with Crippen LogP contribution < -0.4 is 21.7 Å². The van der Waals surface area contributed by atoms with E-state index in [4.69, 9.17) is 5.73 Å². The molecular formula is C24H27N5O2. The van der Waals surface area contributed by atoms with Gasteiger partial charge in [0.1, 0.15) is 6.04 Å². The summed E-state index contributed by atoms with van der Waals surface area (Å²) in [6.45, 7) is 0.599. The van der Waals surface area contributed by atoms with Crippen molar-refractivity contribution in [3.63, 3.8) is 0 Å². The zero-order valence-corrected chi connectivity index (χ0v) is 17.3. The Morgan fingerprint density at radius 3 is 2.68 bits per heavy atom. The summed E-state index contributed by atoms with van der Waals surface area (Å²) < 4.78 is 0. The van der Waals surface area contributed by atoms with Gasteiger partial charge in [-0.15, -0.1) is 0 Å². The fourth-order valence-electron chi connectivity index (χ4n) is 3.83. The van der Waals surface area contributed by atoms with Crippen LogP contribution in [-0.2, 0) is 16.0 Å². The number of anilines is 1. The van der Waals surface area contributed by atoms with Crippen molar-refractivity contribution in [1.82, 2.24) is 15.6 Å². The third-order valence-corrected chi connectivity index (χ3v) is 5.54. The SMILES string of the molecule is NC1CNC(C(=O)NC(CCc2ccccc2)C(=O)Nc2cnc3ccccc3c2)C1. The van der Waals surface area contributed by atoms with Gasteiger partial charge in [0.2, 0.25) is 11.8 Å². The van der Waals surface area contributed by atoms with Crippen LogP contribution in [0.1, 0.15) is 18.4 Å². The van der Waals surface area contributed by atoms with Crippen molar-refractivity contribution in [2.45, 2.75) is 37.4 Å². The summed E-state index contributed by atoms with van der Waals surface area (Å²) in [7, 11) is 0. The van der Waals surface area contributed by atoms with Crippen molar-refractivity contribution in [3.8, 4) is 0 Å². The standard InChI is InChI=1S/C24H27N5O2/c25-18-13-22(26-14-18)24(31)29-21(11-10-16-6-2-1-3-7-16)23(30)28-19-12-17-8-4-5-9-20(17)27-15-19/h1-9,12,15,18,21-22,26H,10-11,13-14,25H2,(H,28,30)(H,29,31). The van der Waals surface area contributed by atoms with E-state index in [0.717, 1.165) is 16.5 Å². The van der Waals surface area contributed by atoms with Crippen LogP contribution >= 0.6 is 0 Å². The average molecular weight is 418 g/mol. The molecule has 0 spiro atoms. The highest BCUT2D eigenvalue weighted by molar-refractivity contribution is 5.99. The Bertz CT molecular complexity index is 1060. The molecule has 4 rings (SSSR count). The second-order valence-corrected chi connectivity index (χ2v) is 7.95. The molecule has 0 radical (unpaired) electrons. The Kier molecular flexibility index (Phi) is 6.54. The summed E-state index contributed by atoms with van der Waals surface area (Å²) in [6, 6.07) is 18.4. The molecule has 3 unspecified atom stereocenters. The van der Waals surface area contributed by atoms with Crippen LogP contribution in [-0.4, -0.2) is 41.5 Å². The first kappa shape index (κ1) is 21.0. The monoisotopic (exact) mass is 417 g/mol. The van der Waals surface area contributed by atoms with E-state index in [1.165, 1.54) is 0 Å². The number of hydrogen-bond acceptors (Lipinski definition) is 5. The first-order valence-electron chi connectivity index (χ1n) is 10.6. The van der Waals surface area contributed by atoms with Crippen molar-refractivity contribution in [3.05, 3.63) is 72.4 Å². The zero-order valence-electron chi connectivity index (χ0n) is 17.3. The van der Waals surface area contributed by atoms with Gasteiger partial charge in [-0.3, -0.25) is 14.6 Å². The van der Waals surface area contributed by atoms with Crippen LogP contribution in [0.4, 0.5) is 5.69 Å². The number of aromatic nitrogens is 1. The van der Waals surface area contributed by atoms with Crippen LogP contribution in [0.2, 0.25) is 0 Å². The first-order valence-corrected chi connectivity index (χ1v) is 10.6. The van der Waals surface area contributed by atoms with E-state index in [1.54, 1.807) is 6.20 Å². The minimum Gasteiger partial charge on any atom is -0.343 e. The molecule has 0 bridgehead atoms. The van der Waals surface area contributed by atoms with Crippen molar-refractivity contribution >= 4 is 28.4 Å². The lowest BCUT2D eigenvalue weighted by Gasteiger charge is -2.21. The quantitative estimate of drug-likeness (QED) is 0.470. The van der Waals surface area contributed by atoms with Gasteiger partial charge in [-0.25, -0.2) is 0 Å². The molecule has 3 aromatic rings. The first-order chi connectivity index (χ1) is 15.1. The van der Waals surface area contributed by atoms with Gasteiger partial charge in [-0.1, -0.05) is 48.5 Å². The molecule has 1 aliphatic rings. The van der Waals surface area contributed by atoms with E-state index in [9.17, 15) is 9.59 Å². The lowest BCUT2D eigenvalue weighted by molar-refractivity contribution is -0.127. The third kappa shape index (κ3) is 5.45. The number of hydrogen-bond donors (Lipinski definition) is 4. The number of fused-ring (bicyclic) bond motifs is 1. The fraction of sp³-hybridized carbons (Fsp3) is 0.292. The molecule has 2 heterocycles. The van der Waals surface area contributed by atoms with Crippen LogP contribution in [0.25, 0.3) is 10.9 Å². The zero-order chi connectivity index (χ0) is 21.6. The Labute approximate surface area is 181 Å². The van der Waals surface area contributed by atoms with Gasteiger partial charge in [0.05, 0.1) is 23.4 Å². The van der Waals surface area contributed by atoms with Gasteiger partial charge < -0.3 is 21.7 Å². The predicted octanol–water partition coefficient (Wildman–Crippen LogP) is 1.98. The fourth-order valence-corrected chi connectivity index (χ4v) is 3.83. The molecule has 1 saturated heterocycles. The number of nitrogens with two attached hydrogens (primary N) is 1. The van der Waals surface area contributed by atoms with Gasteiger partial charge >= 0.3 is 0 Å². The highest BCUT2D eigenvalue weighted by Crippen LogP contribution is 2.17. The number of amides is 2. The Hall–Kier alpha value is -3.29. The molecule has 1 aromatic heterocycles. The molecule has 3 atom stereocenters. The van der Waals surface area contributed by atoms with E-state index in [-0.39, 0.29) is 23.9 Å². The number of carbonyl (C=O) groups is 2. The molecule has 1 fully saturated rings. The van der Waals surface area contributed by atoms with E-state index < -0.39 is 6.04 Å². The lowest BCUT2D eigenvalue weighted by Crippen LogP contribution is -2.50. The van der Waals surface area contributed by atoms with Crippen LogP contribution in [0, 0.1) is 0 Å². The maximum Gasteiger partial charge on any atom is 0.247 e. The van der Waals surface area contributed by atoms with Crippen LogP contribution in [0.5, 0.6) is 0 Å². The highest BCUT2D eigenvalue weighted by Gasteiger charge is 2.30. The molecule has 7 nitrogen and oxygen atoms in total. The highest BCUT2D eigenvalue weighted by atomic mass is 16.2. The number of aryl methyl sites for hydroxylation is 1. The van der Waals surface area contributed by atoms with Gasteiger partial charge in [-0.2, -0.15) is 0 Å². The molecule has 7 heteroatoms. The number of benzene rings is 2. The molecule has 31 heavy (non-hydrogen) atoms. The van der Waals surface area contributed by atoms with Crippen molar-refractivity contribution in [1.29, 1.82) is 0 Å². The minimum atomic E-state index is -0.669. The number of pyridine rings is 1. The normalized spacial score (nSPS) is 19.1. The third-order valence-electron chi connectivity index (χ3n) is 5.54. The Morgan fingerprint density at radius 1 is 1.13 bits per heavy atom. The number of para-hydroxylation sites is 1. The second kappa shape index (κ2) is 9.68. The van der Waals surface area contributed by atoms with Crippen molar-refractivity contribution < 1.29 is 9.59 Å². The van der Waals surface area contributed by atoms with Gasteiger partial charge in [0.15, 0.2) is 0 Å². The number of nitrogens with zero attached hydrogens (tertiary/aromatic N) is 1.